The second-order valence-corrected chi connectivity index (χ2v) is 4.50. The molecule has 1 unspecified atom stereocenters. The molecule has 4 heteroatoms. The quantitative estimate of drug-likeness (QED) is 0.938. The summed E-state index contributed by atoms with van der Waals surface area (Å²) in [5.41, 5.74) is 0.837. The van der Waals surface area contributed by atoms with E-state index in [2.05, 4.69) is 20.9 Å². The molecular weight excluding hydrogens is 282 g/mol. The van der Waals surface area contributed by atoms with E-state index in [1.165, 1.54) is 0 Å². The summed E-state index contributed by atoms with van der Waals surface area (Å²) in [6, 6.07) is 9.13. The van der Waals surface area contributed by atoms with Crippen molar-refractivity contribution in [3.05, 3.63) is 52.8 Å². The summed E-state index contributed by atoms with van der Waals surface area (Å²) in [5, 5.41) is 9.50. The van der Waals surface area contributed by atoms with Gasteiger partial charge in [-0.05, 0) is 36.8 Å². The van der Waals surface area contributed by atoms with Gasteiger partial charge in [0.15, 0.2) is 0 Å². The Balaban J connectivity index is 2.21. The molecule has 0 aliphatic carbocycles. The summed E-state index contributed by atoms with van der Waals surface area (Å²) < 4.78 is 6.45. The molecule has 3 nitrogen and oxygen atoms in total. The molecule has 1 aromatic carbocycles. The average molecular weight is 294 g/mol. The number of rotatable bonds is 3. The largest absolute Gasteiger partial charge is 0.456 e. The van der Waals surface area contributed by atoms with Crippen molar-refractivity contribution in [2.45, 2.75) is 13.0 Å². The molecule has 1 N–H and O–H groups in total. The van der Waals surface area contributed by atoms with Gasteiger partial charge < -0.3 is 9.84 Å². The van der Waals surface area contributed by atoms with Gasteiger partial charge in [0.2, 0.25) is 0 Å². The van der Waals surface area contributed by atoms with Gasteiger partial charge in [-0.1, -0.05) is 22.0 Å². The van der Waals surface area contributed by atoms with Gasteiger partial charge in [-0.3, -0.25) is 4.98 Å². The van der Waals surface area contributed by atoms with Gasteiger partial charge in [0.25, 0.3) is 0 Å². The van der Waals surface area contributed by atoms with Crippen molar-refractivity contribution < 1.29 is 9.84 Å². The predicted octanol–water partition coefficient (Wildman–Crippen LogP) is 3.69. The monoisotopic (exact) mass is 293 g/mol. The van der Waals surface area contributed by atoms with Crippen LogP contribution < -0.4 is 4.74 Å². The van der Waals surface area contributed by atoms with Crippen molar-refractivity contribution in [3.8, 4) is 11.5 Å². The number of ether oxygens (including phenoxy) is 1. The van der Waals surface area contributed by atoms with Gasteiger partial charge in [-0.2, -0.15) is 0 Å². The maximum Gasteiger partial charge on any atom is 0.145 e. The SMILES string of the molecule is CC(O)c1ccc(Oc2cccnc2)cc1Br. The third-order valence-corrected chi connectivity index (χ3v) is 2.98. The van der Waals surface area contributed by atoms with Crippen LogP contribution in [0.1, 0.15) is 18.6 Å². The molecule has 1 aromatic heterocycles. The zero-order chi connectivity index (χ0) is 12.3. The molecule has 2 aromatic rings. The van der Waals surface area contributed by atoms with Crippen LogP contribution >= 0.6 is 15.9 Å². The van der Waals surface area contributed by atoms with Crippen molar-refractivity contribution in [1.29, 1.82) is 0 Å². The lowest BCUT2D eigenvalue weighted by Gasteiger charge is -2.10. The van der Waals surface area contributed by atoms with Crippen LogP contribution in [0.15, 0.2) is 47.2 Å². The summed E-state index contributed by atoms with van der Waals surface area (Å²) in [4.78, 5) is 3.97. The van der Waals surface area contributed by atoms with E-state index in [0.29, 0.717) is 11.5 Å². The number of benzene rings is 1. The number of aliphatic hydroxyl groups is 1. The second-order valence-electron chi connectivity index (χ2n) is 3.65. The fraction of sp³-hybridized carbons (Fsp3) is 0.154. The summed E-state index contributed by atoms with van der Waals surface area (Å²) in [7, 11) is 0. The Hall–Kier alpha value is -1.39. The Bertz CT molecular complexity index is 500. The minimum Gasteiger partial charge on any atom is -0.456 e. The van der Waals surface area contributed by atoms with Crippen molar-refractivity contribution >= 4 is 15.9 Å². The van der Waals surface area contributed by atoms with Crippen LogP contribution in [0.25, 0.3) is 0 Å². The Morgan fingerprint density at radius 2 is 2.12 bits per heavy atom. The first kappa shape index (κ1) is 12.1. The van der Waals surface area contributed by atoms with Gasteiger partial charge in [-0.25, -0.2) is 0 Å². The van der Waals surface area contributed by atoms with Crippen LogP contribution in [0.2, 0.25) is 0 Å². The second kappa shape index (κ2) is 5.29. The number of aliphatic hydroxyl groups excluding tert-OH is 1. The number of hydrogen-bond acceptors (Lipinski definition) is 3. The number of halogens is 1. The van der Waals surface area contributed by atoms with Gasteiger partial charge in [0.05, 0.1) is 12.3 Å². The first-order valence-corrected chi connectivity index (χ1v) is 6.01. The van der Waals surface area contributed by atoms with E-state index >= 15 is 0 Å². The molecule has 2 rings (SSSR count). The molecular formula is C13H12BrNO2. The average Bonchev–Trinajstić information content (AvgIpc) is 2.30. The highest BCUT2D eigenvalue weighted by Gasteiger charge is 2.07. The molecule has 0 saturated carbocycles. The van der Waals surface area contributed by atoms with Crippen LogP contribution in [-0.4, -0.2) is 10.1 Å². The zero-order valence-electron chi connectivity index (χ0n) is 9.30. The van der Waals surface area contributed by atoms with E-state index in [0.717, 1.165) is 10.0 Å². The predicted molar refractivity (Wildman–Crippen MR) is 69.1 cm³/mol. The summed E-state index contributed by atoms with van der Waals surface area (Å²) in [6.07, 6.45) is 2.84. The van der Waals surface area contributed by atoms with E-state index < -0.39 is 6.10 Å². The molecule has 0 fully saturated rings. The minimum absolute atomic E-state index is 0.503. The van der Waals surface area contributed by atoms with Crippen LogP contribution in [0, 0.1) is 0 Å². The first-order valence-electron chi connectivity index (χ1n) is 5.22. The molecule has 0 amide bonds. The van der Waals surface area contributed by atoms with E-state index in [-0.39, 0.29) is 0 Å². The molecule has 1 atom stereocenters. The molecule has 0 saturated heterocycles. The van der Waals surface area contributed by atoms with Crippen LogP contribution in [-0.2, 0) is 0 Å². The summed E-state index contributed by atoms with van der Waals surface area (Å²) in [5.74, 6) is 1.39. The number of pyridine rings is 1. The Morgan fingerprint density at radius 3 is 2.71 bits per heavy atom. The van der Waals surface area contributed by atoms with Gasteiger partial charge in [-0.15, -0.1) is 0 Å². The van der Waals surface area contributed by atoms with E-state index in [4.69, 9.17) is 4.74 Å². The van der Waals surface area contributed by atoms with Gasteiger partial charge >= 0.3 is 0 Å². The third kappa shape index (κ3) is 3.05. The number of aromatic nitrogens is 1. The van der Waals surface area contributed by atoms with Crippen molar-refractivity contribution in [3.63, 3.8) is 0 Å². The topological polar surface area (TPSA) is 42.4 Å². The van der Waals surface area contributed by atoms with Crippen molar-refractivity contribution in [2.75, 3.05) is 0 Å². The highest BCUT2D eigenvalue weighted by atomic mass is 79.9. The normalized spacial score (nSPS) is 12.2. The fourth-order valence-electron chi connectivity index (χ4n) is 1.45. The first-order chi connectivity index (χ1) is 8.16. The number of hydrogen-bond donors (Lipinski definition) is 1. The van der Waals surface area contributed by atoms with Crippen LogP contribution in [0.3, 0.4) is 0 Å². The smallest absolute Gasteiger partial charge is 0.145 e. The zero-order valence-corrected chi connectivity index (χ0v) is 10.9. The summed E-state index contributed by atoms with van der Waals surface area (Å²) in [6.45, 7) is 1.72. The molecule has 17 heavy (non-hydrogen) atoms. The number of nitrogens with zero attached hydrogens (tertiary/aromatic N) is 1. The lowest BCUT2D eigenvalue weighted by molar-refractivity contribution is 0.198. The maximum atomic E-state index is 9.50. The van der Waals surface area contributed by atoms with Gasteiger partial charge in [0, 0.05) is 10.7 Å². The maximum absolute atomic E-state index is 9.50. The van der Waals surface area contributed by atoms with Crippen molar-refractivity contribution in [1.82, 2.24) is 4.98 Å². The Kier molecular flexibility index (Phi) is 3.76. The van der Waals surface area contributed by atoms with Crippen molar-refractivity contribution in [2.24, 2.45) is 0 Å². The van der Waals surface area contributed by atoms with Crippen LogP contribution in [0.4, 0.5) is 0 Å². The highest BCUT2D eigenvalue weighted by molar-refractivity contribution is 9.10. The molecule has 88 valence electrons. The lowest BCUT2D eigenvalue weighted by atomic mass is 10.1. The molecule has 0 spiro atoms. The van der Waals surface area contributed by atoms with E-state index in [9.17, 15) is 5.11 Å². The minimum atomic E-state index is -0.503. The molecule has 0 aliphatic rings. The Labute approximate surface area is 108 Å². The van der Waals surface area contributed by atoms with E-state index in [1.54, 1.807) is 19.3 Å². The van der Waals surface area contributed by atoms with E-state index in [1.807, 2.05) is 30.3 Å². The molecule has 0 aliphatic heterocycles. The Morgan fingerprint density at radius 1 is 1.29 bits per heavy atom. The van der Waals surface area contributed by atoms with Crippen LogP contribution in [0.5, 0.6) is 11.5 Å². The highest BCUT2D eigenvalue weighted by Crippen LogP contribution is 2.29. The molecule has 1 heterocycles. The van der Waals surface area contributed by atoms with Gasteiger partial charge in [0.1, 0.15) is 11.5 Å². The lowest BCUT2D eigenvalue weighted by Crippen LogP contribution is -1.93. The third-order valence-electron chi connectivity index (χ3n) is 2.29. The fourth-order valence-corrected chi connectivity index (χ4v) is 2.14. The standard InChI is InChI=1S/C13H12BrNO2/c1-9(16)12-5-4-10(7-13(12)14)17-11-3-2-6-15-8-11/h2-9,16H,1H3. The summed E-state index contributed by atoms with van der Waals surface area (Å²) >= 11 is 3.41. The molecule has 0 bridgehead atoms. The molecule has 0 radical (unpaired) electrons.